The molecule has 0 saturated carbocycles. The van der Waals surface area contributed by atoms with Crippen LogP contribution in [0.1, 0.15) is 17.5 Å². The van der Waals surface area contributed by atoms with Gasteiger partial charge in [-0.2, -0.15) is 5.26 Å². The predicted octanol–water partition coefficient (Wildman–Crippen LogP) is 1.28. The van der Waals surface area contributed by atoms with E-state index in [9.17, 15) is 4.39 Å². The van der Waals surface area contributed by atoms with Crippen molar-refractivity contribution in [2.45, 2.75) is 19.1 Å². The molecule has 0 amide bonds. The second-order valence-corrected chi connectivity index (χ2v) is 4.85. The molecule has 0 bridgehead atoms. The Balaban J connectivity index is 2.06. The predicted molar refractivity (Wildman–Crippen MR) is 75.6 cm³/mol. The molecule has 1 unspecified atom stereocenters. The molecule has 1 atom stereocenters. The number of morpholine rings is 1. The highest BCUT2D eigenvalue weighted by molar-refractivity contribution is 5.37. The Kier molecular flexibility index (Phi) is 5.71. The van der Waals surface area contributed by atoms with Gasteiger partial charge in [0, 0.05) is 31.6 Å². The summed E-state index contributed by atoms with van der Waals surface area (Å²) in [4.78, 5) is 2.07. The first kappa shape index (κ1) is 15.5. The van der Waals surface area contributed by atoms with Crippen molar-refractivity contribution in [1.82, 2.24) is 4.90 Å². The van der Waals surface area contributed by atoms with E-state index in [-0.39, 0.29) is 12.4 Å². The Labute approximate surface area is 123 Å². The summed E-state index contributed by atoms with van der Waals surface area (Å²) in [5, 5.41) is 17.6. The van der Waals surface area contributed by atoms with Gasteiger partial charge in [-0.05, 0) is 23.8 Å². The maximum Gasteiger partial charge on any atom is 0.156 e. The van der Waals surface area contributed by atoms with Crippen LogP contribution in [0, 0.1) is 29.0 Å². The molecule has 110 valence electrons. The molecule has 0 spiro atoms. The molecule has 1 fully saturated rings. The van der Waals surface area contributed by atoms with E-state index in [1.807, 2.05) is 6.07 Å². The van der Waals surface area contributed by atoms with E-state index in [0.29, 0.717) is 31.7 Å². The number of hydrogen-bond donors (Lipinski definition) is 1. The lowest BCUT2D eigenvalue weighted by Crippen LogP contribution is -2.41. The maximum absolute atomic E-state index is 13.6. The van der Waals surface area contributed by atoms with Crippen molar-refractivity contribution >= 4 is 0 Å². The Morgan fingerprint density at radius 1 is 1.43 bits per heavy atom. The quantitative estimate of drug-likeness (QED) is 0.851. The fourth-order valence-electron chi connectivity index (χ4n) is 2.22. The van der Waals surface area contributed by atoms with Crippen molar-refractivity contribution in [3.63, 3.8) is 0 Å². The van der Waals surface area contributed by atoms with Crippen LogP contribution in [0.2, 0.25) is 0 Å². The number of ether oxygens (including phenoxy) is 1. The average Bonchev–Trinajstić information content (AvgIpc) is 2.47. The lowest BCUT2D eigenvalue weighted by Gasteiger charge is -2.29. The fourth-order valence-corrected chi connectivity index (χ4v) is 2.22. The Hall–Kier alpha value is -1.92. The number of halogens is 1. The van der Waals surface area contributed by atoms with Gasteiger partial charge in [0.1, 0.15) is 5.82 Å². The van der Waals surface area contributed by atoms with Gasteiger partial charge in [-0.1, -0.05) is 11.8 Å². The first-order valence-corrected chi connectivity index (χ1v) is 6.84. The molecule has 1 aromatic carbocycles. The highest BCUT2D eigenvalue weighted by Crippen LogP contribution is 2.13. The van der Waals surface area contributed by atoms with E-state index in [0.717, 1.165) is 12.1 Å². The number of benzene rings is 1. The van der Waals surface area contributed by atoms with Gasteiger partial charge in [-0.15, -0.1) is 0 Å². The monoisotopic (exact) mass is 288 g/mol. The molecule has 1 aliphatic rings. The van der Waals surface area contributed by atoms with Gasteiger partial charge in [-0.25, -0.2) is 4.39 Å². The molecule has 1 heterocycles. The molecule has 1 N–H and O–H groups in total. The average molecular weight is 288 g/mol. The van der Waals surface area contributed by atoms with Crippen LogP contribution in [0.25, 0.3) is 0 Å². The van der Waals surface area contributed by atoms with Crippen LogP contribution in [0.4, 0.5) is 4.39 Å². The van der Waals surface area contributed by atoms with Crippen molar-refractivity contribution < 1.29 is 14.2 Å². The summed E-state index contributed by atoms with van der Waals surface area (Å²) in [6, 6.07) is 6.79. The van der Waals surface area contributed by atoms with Crippen molar-refractivity contribution in [3.05, 3.63) is 35.1 Å². The van der Waals surface area contributed by atoms with E-state index >= 15 is 0 Å². The molecular formula is C16H17FN2O2. The van der Waals surface area contributed by atoms with Crippen molar-refractivity contribution in [3.8, 4) is 17.9 Å². The number of aliphatic hydroxyl groups excluding tert-OH is 1. The Morgan fingerprint density at radius 3 is 3.05 bits per heavy atom. The molecule has 2 rings (SSSR count). The first-order chi connectivity index (χ1) is 10.2. The van der Waals surface area contributed by atoms with Crippen LogP contribution in [0.5, 0.6) is 0 Å². The van der Waals surface area contributed by atoms with Gasteiger partial charge in [0.05, 0.1) is 19.3 Å². The molecule has 1 aromatic rings. The summed E-state index contributed by atoms with van der Waals surface area (Å²) in [5.41, 5.74) is 1.42. The first-order valence-electron chi connectivity index (χ1n) is 6.84. The minimum atomic E-state index is -0.420. The van der Waals surface area contributed by atoms with Gasteiger partial charge in [0.2, 0.25) is 0 Å². The van der Waals surface area contributed by atoms with Gasteiger partial charge < -0.3 is 9.84 Å². The van der Waals surface area contributed by atoms with Crippen molar-refractivity contribution in [2.75, 3.05) is 26.3 Å². The lowest BCUT2D eigenvalue weighted by atomic mass is 10.1. The highest BCUT2D eigenvalue weighted by atomic mass is 19.1. The zero-order chi connectivity index (χ0) is 15.1. The van der Waals surface area contributed by atoms with E-state index in [4.69, 9.17) is 15.1 Å². The number of hydrogen-bond acceptors (Lipinski definition) is 4. The summed E-state index contributed by atoms with van der Waals surface area (Å²) in [6.07, 6.45) is -0.0461. The highest BCUT2D eigenvalue weighted by Gasteiger charge is 2.20. The number of aliphatic hydroxyl groups is 1. The van der Waals surface area contributed by atoms with Gasteiger partial charge in [-0.3, -0.25) is 4.90 Å². The molecular weight excluding hydrogens is 271 g/mol. The minimum absolute atomic E-state index is 0.00149. The molecule has 5 heteroatoms. The van der Waals surface area contributed by atoms with Crippen LogP contribution in [0.15, 0.2) is 18.2 Å². The van der Waals surface area contributed by atoms with Crippen LogP contribution in [0.3, 0.4) is 0 Å². The third kappa shape index (κ3) is 4.84. The normalized spacial score (nSPS) is 18.6. The second kappa shape index (κ2) is 7.75. The van der Waals surface area contributed by atoms with Gasteiger partial charge >= 0.3 is 0 Å². The molecule has 0 aliphatic carbocycles. The summed E-state index contributed by atoms with van der Waals surface area (Å²) in [5.74, 6) is 5.29. The number of nitrogens with zero attached hydrogens (tertiary/aromatic N) is 2. The molecule has 1 aliphatic heterocycles. The summed E-state index contributed by atoms with van der Waals surface area (Å²) in [6.45, 7) is 2.32. The van der Waals surface area contributed by atoms with Crippen LogP contribution >= 0.6 is 0 Å². The minimum Gasteiger partial charge on any atom is -0.395 e. The number of rotatable bonds is 3. The standard InChI is InChI=1S/C16H17FN2O2/c17-15-8-13(3-1-2-5-20)7-14(9-15)11-19-4-6-21-16(10-18)12-19/h7-9,16,20H,2,4-6,11-12H2. The van der Waals surface area contributed by atoms with Crippen LogP contribution in [-0.2, 0) is 11.3 Å². The molecule has 1 saturated heterocycles. The number of nitriles is 1. The SMILES string of the molecule is N#CC1CN(Cc2cc(F)cc(C#CCCO)c2)CCO1. The van der Waals surface area contributed by atoms with E-state index in [2.05, 4.69) is 22.8 Å². The van der Waals surface area contributed by atoms with Crippen LogP contribution < -0.4 is 0 Å². The Morgan fingerprint density at radius 2 is 2.29 bits per heavy atom. The van der Waals surface area contributed by atoms with Crippen LogP contribution in [-0.4, -0.2) is 42.4 Å². The third-order valence-corrected chi connectivity index (χ3v) is 3.13. The summed E-state index contributed by atoms with van der Waals surface area (Å²) >= 11 is 0. The van der Waals surface area contributed by atoms with Crippen molar-refractivity contribution in [2.24, 2.45) is 0 Å². The molecule has 0 radical (unpaired) electrons. The zero-order valence-electron chi connectivity index (χ0n) is 11.7. The Bertz CT molecular complexity index is 586. The fraction of sp³-hybridized carbons (Fsp3) is 0.438. The lowest BCUT2D eigenvalue weighted by molar-refractivity contribution is -0.00271. The topological polar surface area (TPSA) is 56.5 Å². The molecule has 0 aromatic heterocycles. The van der Waals surface area contributed by atoms with E-state index in [1.165, 1.54) is 12.1 Å². The third-order valence-electron chi connectivity index (χ3n) is 3.13. The van der Waals surface area contributed by atoms with Gasteiger partial charge in [0.15, 0.2) is 6.10 Å². The van der Waals surface area contributed by atoms with E-state index < -0.39 is 6.10 Å². The zero-order valence-corrected chi connectivity index (χ0v) is 11.7. The summed E-state index contributed by atoms with van der Waals surface area (Å²) in [7, 11) is 0. The second-order valence-electron chi connectivity index (χ2n) is 4.85. The largest absolute Gasteiger partial charge is 0.395 e. The molecule has 21 heavy (non-hydrogen) atoms. The van der Waals surface area contributed by atoms with Crippen molar-refractivity contribution in [1.29, 1.82) is 5.26 Å². The maximum atomic E-state index is 13.6. The molecule has 4 nitrogen and oxygen atoms in total. The smallest absolute Gasteiger partial charge is 0.156 e. The summed E-state index contributed by atoms with van der Waals surface area (Å²) < 4.78 is 18.9. The van der Waals surface area contributed by atoms with Gasteiger partial charge in [0.25, 0.3) is 0 Å². The van der Waals surface area contributed by atoms with E-state index in [1.54, 1.807) is 0 Å².